The molecule has 6 heteroatoms. The SMILES string of the molecule is O=C(Nc1ncn(Cc2ccccc2)n1)N[C@@H]1CCc2ccccc21. The van der Waals surface area contributed by atoms with Crippen molar-refractivity contribution in [1.82, 2.24) is 20.1 Å². The van der Waals surface area contributed by atoms with Crippen molar-refractivity contribution in [2.45, 2.75) is 25.4 Å². The van der Waals surface area contributed by atoms with E-state index < -0.39 is 0 Å². The van der Waals surface area contributed by atoms with E-state index in [1.54, 1.807) is 11.0 Å². The number of rotatable bonds is 4. The van der Waals surface area contributed by atoms with E-state index in [0.717, 1.165) is 18.4 Å². The molecule has 0 fully saturated rings. The van der Waals surface area contributed by atoms with Crippen LogP contribution in [0.1, 0.15) is 29.2 Å². The predicted molar refractivity (Wildman–Crippen MR) is 95.2 cm³/mol. The second-order valence-corrected chi connectivity index (χ2v) is 6.14. The number of nitrogens with zero attached hydrogens (tertiary/aromatic N) is 3. The van der Waals surface area contributed by atoms with Crippen molar-refractivity contribution in [3.05, 3.63) is 77.6 Å². The second-order valence-electron chi connectivity index (χ2n) is 6.14. The maximum absolute atomic E-state index is 12.2. The van der Waals surface area contributed by atoms with Gasteiger partial charge in [0, 0.05) is 0 Å². The molecule has 1 heterocycles. The molecule has 2 amide bonds. The molecule has 4 rings (SSSR count). The summed E-state index contributed by atoms with van der Waals surface area (Å²) in [6, 6.07) is 18.0. The van der Waals surface area contributed by atoms with Crippen molar-refractivity contribution in [1.29, 1.82) is 0 Å². The number of amides is 2. The van der Waals surface area contributed by atoms with E-state index in [9.17, 15) is 4.79 Å². The summed E-state index contributed by atoms with van der Waals surface area (Å²) in [5.74, 6) is 0.305. The van der Waals surface area contributed by atoms with Gasteiger partial charge in [-0.2, -0.15) is 0 Å². The summed E-state index contributed by atoms with van der Waals surface area (Å²) in [7, 11) is 0. The van der Waals surface area contributed by atoms with Gasteiger partial charge in [-0.15, -0.1) is 5.10 Å². The normalized spacial score (nSPS) is 15.6. The maximum Gasteiger partial charge on any atom is 0.322 e. The Bertz CT molecular complexity index is 874. The third-order valence-corrected chi connectivity index (χ3v) is 4.39. The molecule has 1 aliphatic carbocycles. The largest absolute Gasteiger partial charge is 0.331 e. The van der Waals surface area contributed by atoms with Crippen molar-refractivity contribution < 1.29 is 4.79 Å². The van der Waals surface area contributed by atoms with Gasteiger partial charge < -0.3 is 5.32 Å². The zero-order chi connectivity index (χ0) is 17.1. The van der Waals surface area contributed by atoms with E-state index in [-0.39, 0.29) is 12.1 Å². The summed E-state index contributed by atoms with van der Waals surface area (Å²) in [6.07, 6.45) is 3.53. The van der Waals surface area contributed by atoms with Crippen molar-refractivity contribution in [2.75, 3.05) is 5.32 Å². The first kappa shape index (κ1) is 15.4. The van der Waals surface area contributed by atoms with Crippen molar-refractivity contribution in [2.24, 2.45) is 0 Å². The van der Waals surface area contributed by atoms with Crippen LogP contribution in [0.2, 0.25) is 0 Å². The quantitative estimate of drug-likeness (QED) is 0.770. The molecule has 0 radical (unpaired) electrons. The van der Waals surface area contributed by atoms with Crippen LogP contribution in [0.3, 0.4) is 0 Å². The summed E-state index contributed by atoms with van der Waals surface area (Å²) in [4.78, 5) is 16.4. The molecule has 0 spiro atoms. The lowest BCUT2D eigenvalue weighted by Gasteiger charge is -2.13. The van der Waals surface area contributed by atoms with Crippen molar-refractivity contribution in [3.63, 3.8) is 0 Å². The van der Waals surface area contributed by atoms with Crippen LogP contribution in [0.25, 0.3) is 0 Å². The lowest BCUT2D eigenvalue weighted by atomic mass is 10.1. The number of nitrogens with one attached hydrogen (secondary N) is 2. The van der Waals surface area contributed by atoms with Crippen LogP contribution < -0.4 is 10.6 Å². The zero-order valence-corrected chi connectivity index (χ0v) is 13.7. The molecule has 126 valence electrons. The van der Waals surface area contributed by atoms with Crippen LogP contribution in [-0.2, 0) is 13.0 Å². The number of carbonyl (C=O) groups is 1. The van der Waals surface area contributed by atoms with Crippen molar-refractivity contribution >= 4 is 12.0 Å². The molecule has 2 N–H and O–H groups in total. The Labute approximate surface area is 145 Å². The number of hydrogen-bond acceptors (Lipinski definition) is 3. The monoisotopic (exact) mass is 333 g/mol. The first-order valence-electron chi connectivity index (χ1n) is 8.36. The fourth-order valence-corrected chi connectivity index (χ4v) is 3.20. The van der Waals surface area contributed by atoms with E-state index in [2.05, 4.69) is 32.8 Å². The minimum Gasteiger partial charge on any atom is -0.331 e. The fraction of sp³-hybridized carbons (Fsp3) is 0.211. The number of hydrogen-bond donors (Lipinski definition) is 2. The predicted octanol–water partition coefficient (Wildman–Crippen LogP) is 3.14. The van der Waals surface area contributed by atoms with Gasteiger partial charge >= 0.3 is 6.03 Å². The molecule has 0 saturated carbocycles. The van der Waals surface area contributed by atoms with Crippen LogP contribution in [0.5, 0.6) is 0 Å². The third kappa shape index (κ3) is 3.52. The Balaban J connectivity index is 1.36. The number of urea groups is 1. The molecule has 3 aromatic rings. The molecule has 1 aliphatic rings. The number of aromatic nitrogens is 3. The number of benzene rings is 2. The second kappa shape index (κ2) is 6.76. The summed E-state index contributed by atoms with van der Waals surface area (Å²) >= 11 is 0. The number of fused-ring (bicyclic) bond motifs is 1. The molecule has 1 aromatic heterocycles. The van der Waals surface area contributed by atoms with Gasteiger partial charge in [-0.05, 0) is 29.5 Å². The minimum atomic E-state index is -0.279. The molecular formula is C19H19N5O. The van der Waals surface area contributed by atoms with E-state index >= 15 is 0 Å². The molecule has 0 saturated heterocycles. The maximum atomic E-state index is 12.2. The van der Waals surface area contributed by atoms with Gasteiger partial charge in [-0.25, -0.2) is 14.5 Å². The Morgan fingerprint density at radius 1 is 1.12 bits per heavy atom. The topological polar surface area (TPSA) is 71.8 Å². The van der Waals surface area contributed by atoms with Crippen LogP contribution in [-0.4, -0.2) is 20.8 Å². The summed E-state index contributed by atoms with van der Waals surface area (Å²) in [5, 5.41) is 10.0. The first-order valence-corrected chi connectivity index (χ1v) is 8.36. The Hall–Kier alpha value is -3.15. The lowest BCUT2D eigenvalue weighted by molar-refractivity contribution is 0.248. The number of anilines is 1. The minimum absolute atomic E-state index is 0.0441. The molecule has 2 aromatic carbocycles. The number of carbonyl (C=O) groups excluding carboxylic acids is 1. The Kier molecular flexibility index (Phi) is 4.16. The van der Waals surface area contributed by atoms with Gasteiger partial charge in [0.1, 0.15) is 6.33 Å². The van der Waals surface area contributed by atoms with Gasteiger partial charge in [0.25, 0.3) is 0 Å². The first-order chi connectivity index (χ1) is 12.3. The van der Waals surface area contributed by atoms with Gasteiger partial charge in [0.15, 0.2) is 0 Å². The Morgan fingerprint density at radius 3 is 2.80 bits per heavy atom. The van der Waals surface area contributed by atoms with E-state index in [1.165, 1.54) is 11.1 Å². The molecule has 0 bridgehead atoms. The number of aryl methyl sites for hydroxylation is 1. The van der Waals surface area contributed by atoms with Crippen molar-refractivity contribution in [3.8, 4) is 0 Å². The zero-order valence-electron chi connectivity index (χ0n) is 13.7. The molecule has 25 heavy (non-hydrogen) atoms. The summed E-state index contributed by atoms with van der Waals surface area (Å²) in [6.45, 7) is 0.618. The van der Waals surface area contributed by atoms with E-state index in [0.29, 0.717) is 12.5 Å². The van der Waals surface area contributed by atoms with Gasteiger partial charge in [0.05, 0.1) is 12.6 Å². The average molecular weight is 333 g/mol. The van der Waals surface area contributed by atoms with E-state index in [4.69, 9.17) is 0 Å². The standard InChI is InChI=1S/C19H19N5O/c25-19(21-17-11-10-15-8-4-5-9-16(15)17)22-18-20-13-24(23-18)12-14-6-2-1-3-7-14/h1-9,13,17H,10-12H2,(H2,21,22,23,25)/t17-/m1/s1. The average Bonchev–Trinajstić information content (AvgIpc) is 3.23. The smallest absolute Gasteiger partial charge is 0.322 e. The molecule has 0 unspecified atom stereocenters. The van der Waals surface area contributed by atoms with Crippen LogP contribution in [0.4, 0.5) is 10.7 Å². The highest BCUT2D eigenvalue weighted by Gasteiger charge is 2.23. The van der Waals surface area contributed by atoms with Crippen LogP contribution in [0, 0.1) is 0 Å². The molecule has 6 nitrogen and oxygen atoms in total. The van der Waals surface area contributed by atoms with E-state index in [1.807, 2.05) is 42.5 Å². The molecular weight excluding hydrogens is 314 g/mol. The highest BCUT2D eigenvalue weighted by Crippen LogP contribution is 2.30. The molecule has 1 atom stereocenters. The van der Waals surface area contributed by atoms with Crippen LogP contribution >= 0.6 is 0 Å². The Morgan fingerprint density at radius 2 is 1.92 bits per heavy atom. The third-order valence-electron chi connectivity index (χ3n) is 4.39. The fourth-order valence-electron chi connectivity index (χ4n) is 3.20. The van der Waals surface area contributed by atoms with Gasteiger partial charge in [-0.3, -0.25) is 5.32 Å². The highest BCUT2D eigenvalue weighted by atomic mass is 16.2. The van der Waals surface area contributed by atoms with Gasteiger partial charge in [0.2, 0.25) is 5.95 Å². The van der Waals surface area contributed by atoms with Crippen LogP contribution in [0.15, 0.2) is 60.9 Å². The van der Waals surface area contributed by atoms with Gasteiger partial charge in [-0.1, -0.05) is 54.6 Å². The lowest BCUT2D eigenvalue weighted by Crippen LogP contribution is -2.32. The summed E-state index contributed by atoms with van der Waals surface area (Å²) < 4.78 is 1.70. The highest BCUT2D eigenvalue weighted by molar-refractivity contribution is 5.87. The summed E-state index contributed by atoms with van der Waals surface area (Å²) in [5.41, 5.74) is 3.63. The molecule has 0 aliphatic heterocycles.